The van der Waals surface area contributed by atoms with Gasteiger partial charge in [0.1, 0.15) is 5.76 Å². The van der Waals surface area contributed by atoms with Crippen LogP contribution in [0.3, 0.4) is 0 Å². The molecule has 2 N–H and O–H groups in total. The van der Waals surface area contributed by atoms with Crippen molar-refractivity contribution in [2.24, 2.45) is 5.73 Å². The molecule has 0 aromatic carbocycles. The maximum atomic E-state index is 11.2. The van der Waals surface area contributed by atoms with Crippen molar-refractivity contribution in [1.29, 1.82) is 0 Å². The molecule has 16 heavy (non-hydrogen) atoms. The third-order valence-corrected chi connectivity index (χ3v) is 2.74. The summed E-state index contributed by atoms with van der Waals surface area (Å²) in [5.74, 6) is 0.583. The van der Waals surface area contributed by atoms with Crippen LogP contribution >= 0.6 is 0 Å². The van der Waals surface area contributed by atoms with E-state index in [-0.39, 0.29) is 11.8 Å². The largest absolute Gasteiger partial charge is 0.463 e. The van der Waals surface area contributed by atoms with E-state index in [9.17, 15) is 4.79 Å². The Kier molecular flexibility index (Phi) is 3.26. The maximum absolute atomic E-state index is 11.2. The number of rotatable bonds is 3. The lowest BCUT2D eigenvalue weighted by Gasteiger charge is -2.12. The van der Waals surface area contributed by atoms with Crippen LogP contribution in [0.5, 0.6) is 0 Å². The van der Waals surface area contributed by atoms with Crippen LogP contribution in [0.2, 0.25) is 0 Å². The molecule has 1 atom stereocenters. The van der Waals surface area contributed by atoms with E-state index in [1.54, 1.807) is 12.1 Å². The smallest absolute Gasteiger partial charge is 0.373 e. The summed E-state index contributed by atoms with van der Waals surface area (Å²) in [6.45, 7) is 2.56. The number of likely N-dealkylation sites (tertiary alicyclic amines) is 1. The van der Waals surface area contributed by atoms with Gasteiger partial charge in [0.05, 0.1) is 13.7 Å². The van der Waals surface area contributed by atoms with Gasteiger partial charge in [-0.05, 0) is 18.6 Å². The predicted octanol–water partition coefficient (Wildman–Crippen LogP) is 0.599. The van der Waals surface area contributed by atoms with E-state index in [4.69, 9.17) is 10.2 Å². The van der Waals surface area contributed by atoms with Gasteiger partial charge >= 0.3 is 5.97 Å². The Balaban J connectivity index is 1.95. The third-order valence-electron chi connectivity index (χ3n) is 2.74. The van der Waals surface area contributed by atoms with Gasteiger partial charge in [-0.25, -0.2) is 4.79 Å². The Morgan fingerprint density at radius 2 is 2.50 bits per heavy atom. The summed E-state index contributed by atoms with van der Waals surface area (Å²) in [5.41, 5.74) is 5.81. The van der Waals surface area contributed by atoms with Crippen LogP contribution < -0.4 is 5.73 Å². The van der Waals surface area contributed by atoms with Gasteiger partial charge in [-0.3, -0.25) is 4.90 Å². The monoisotopic (exact) mass is 224 g/mol. The molecular formula is C11H16N2O3. The number of hydrogen-bond donors (Lipinski definition) is 1. The number of hydrogen-bond acceptors (Lipinski definition) is 5. The summed E-state index contributed by atoms with van der Waals surface area (Å²) in [6.07, 6.45) is 1.02. The first kappa shape index (κ1) is 11.2. The van der Waals surface area contributed by atoms with Crippen molar-refractivity contribution in [1.82, 2.24) is 4.90 Å². The molecule has 1 saturated heterocycles. The van der Waals surface area contributed by atoms with Gasteiger partial charge in [0.25, 0.3) is 0 Å². The lowest BCUT2D eigenvalue weighted by Crippen LogP contribution is -2.26. The minimum Gasteiger partial charge on any atom is -0.463 e. The molecule has 88 valence electrons. The SMILES string of the molecule is COC(=O)c1ccc(CN2CCC(N)C2)o1. The molecule has 0 radical (unpaired) electrons. The standard InChI is InChI=1S/C11H16N2O3/c1-15-11(14)10-3-2-9(16-10)7-13-5-4-8(12)6-13/h2-3,8H,4-7,12H2,1H3. The van der Waals surface area contributed by atoms with E-state index >= 15 is 0 Å². The van der Waals surface area contributed by atoms with E-state index in [1.165, 1.54) is 7.11 Å². The summed E-state index contributed by atoms with van der Waals surface area (Å²) in [5, 5.41) is 0. The number of ether oxygens (including phenoxy) is 1. The van der Waals surface area contributed by atoms with Crippen LogP contribution in [0, 0.1) is 0 Å². The highest BCUT2D eigenvalue weighted by Gasteiger charge is 2.20. The van der Waals surface area contributed by atoms with Crippen molar-refractivity contribution in [2.45, 2.75) is 19.0 Å². The molecule has 5 nitrogen and oxygen atoms in total. The normalized spacial score (nSPS) is 21.2. The summed E-state index contributed by atoms with van der Waals surface area (Å²) in [6, 6.07) is 3.70. The fraction of sp³-hybridized carbons (Fsp3) is 0.545. The minimum atomic E-state index is -0.440. The van der Waals surface area contributed by atoms with Gasteiger partial charge < -0.3 is 14.9 Å². The van der Waals surface area contributed by atoms with Crippen molar-refractivity contribution >= 4 is 5.97 Å². The van der Waals surface area contributed by atoms with Gasteiger partial charge in [0.2, 0.25) is 5.76 Å². The zero-order chi connectivity index (χ0) is 11.5. The first-order valence-electron chi connectivity index (χ1n) is 5.34. The lowest BCUT2D eigenvalue weighted by molar-refractivity contribution is 0.0561. The average Bonchev–Trinajstić information content (AvgIpc) is 2.87. The quantitative estimate of drug-likeness (QED) is 0.761. The molecule has 1 aromatic rings. The third kappa shape index (κ3) is 2.43. The number of nitrogens with zero attached hydrogens (tertiary/aromatic N) is 1. The second-order valence-electron chi connectivity index (χ2n) is 4.04. The topological polar surface area (TPSA) is 68.7 Å². The Hall–Kier alpha value is -1.33. The molecule has 2 rings (SSSR count). The van der Waals surface area contributed by atoms with E-state index < -0.39 is 5.97 Å². The fourth-order valence-electron chi connectivity index (χ4n) is 1.90. The molecule has 2 heterocycles. The molecule has 0 aliphatic carbocycles. The van der Waals surface area contributed by atoms with Crippen LogP contribution in [-0.2, 0) is 11.3 Å². The van der Waals surface area contributed by atoms with Gasteiger partial charge in [-0.15, -0.1) is 0 Å². The van der Waals surface area contributed by atoms with Gasteiger partial charge in [-0.2, -0.15) is 0 Å². The van der Waals surface area contributed by atoms with Crippen molar-refractivity contribution in [2.75, 3.05) is 20.2 Å². The summed E-state index contributed by atoms with van der Waals surface area (Å²) < 4.78 is 9.95. The van der Waals surface area contributed by atoms with Gasteiger partial charge in [0.15, 0.2) is 0 Å². The van der Waals surface area contributed by atoms with E-state index in [2.05, 4.69) is 9.64 Å². The van der Waals surface area contributed by atoms with E-state index in [1.807, 2.05) is 0 Å². The molecule has 0 bridgehead atoms. The molecule has 1 unspecified atom stereocenters. The Morgan fingerprint density at radius 1 is 1.69 bits per heavy atom. The van der Waals surface area contributed by atoms with Crippen LogP contribution in [-0.4, -0.2) is 37.1 Å². The van der Waals surface area contributed by atoms with Crippen molar-refractivity contribution in [3.63, 3.8) is 0 Å². The fourth-order valence-corrected chi connectivity index (χ4v) is 1.90. The molecule has 0 amide bonds. The maximum Gasteiger partial charge on any atom is 0.373 e. The predicted molar refractivity (Wildman–Crippen MR) is 57.9 cm³/mol. The summed E-state index contributed by atoms with van der Waals surface area (Å²) in [7, 11) is 1.34. The van der Waals surface area contributed by atoms with Crippen molar-refractivity contribution in [3.05, 3.63) is 23.7 Å². The molecule has 1 fully saturated rings. The Labute approximate surface area is 94.1 Å². The Morgan fingerprint density at radius 3 is 3.12 bits per heavy atom. The molecule has 1 aliphatic rings. The summed E-state index contributed by atoms with van der Waals surface area (Å²) in [4.78, 5) is 13.4. The molecule has 1 aliphatic heterocycles. The Bertz CT molecular complexity index is 375. The second-order valence-corrected chi connectivity index (χ2v) is 4.04. The molecular weight excluding hydrogens is 208 g/mol. The molecule has 5 heteroatoms. The zero-order valence-electron chi connectivity index (χ0n) is 9.31. The highest BCUT2D eigenvalue weighted by atomic mass is 16.5. The molecule has 1 aromatic heterocycles. The average molecular weight is 224 g/mol. The van der Waals surface area contributed by atoms with Gasteiger partial charge in [0, 0.05) is 19.1 Å². The first-order valence-corrected chi connectivity index (χ1v) is 5.34. The zero-order valence-corrected chi connectivity index (χ0v) is 9.31. The van der Waals surface area contributed by atoms with E-state index in [0.717, 1.165) is 25.3 Å². The molecule has 0 spiro atoms. The number of esters is 1. The van der Waals surface area contributed by atoms with Crippen LogP contribution in [0.15, 0.2) is 16.5 Å². The van der Waals surface area contributed by atoms with Crippen LogP contribution in [0.25, 0.3) is 0 Å². The summed E-state index contributed by atoms with van der Waals surface area (Å²) >= 11 is 0. The van der Waals surface area contributed by atoms with E-state index in [0.29, 0.717) is 6.54 Å². The van der Waals surface area contributed by atoms with Crippen LogP contribution in [0.1, 0.15) is 22.7 Å². The second kappa shape index (κ2) is 4.67. The minimum absolute atomic E-state index is 0.251. The highest BCUT2D eigenvalue weighted by molar-refractivity contribution is 5.86. The molecule has 0 saturated carbocycles. The lowest BCUT2D eigenvalue weighted by atomic mass is 10.3. The number of carbonyl (C=O) groups is 1. The van der Waals surface area contributed by atoms with Crippen LogP contribution in [0.4, 0.5) is 0 Å². The van der Waals surface area contributed by atoms with Crippen molar-refractivity contribution < 1.29 is 13.9 Å². The number of methoxy groups -OCH3 is 1. The number of nitrogens with two attached hydrogens (primary N) is 1. The van der Waals surface area contributed by atoms with Gasteiger partial charge in [-0.1, -0.05) is 0 Å². The highest BCUT2D eigenvalue weighted by Crippen LogP contribution is 2.15. The van der Waals surface area contributed by atoms with Crippen molar-refractivity contribution in [3.8, 4) is 0 Å². The first-order chi connectivity index (χ1) is 7.69. The number of carbonyl (C=O) groups excluding carboxylic acids is 1. The number of furan rings is 1.